The Kier molecular flexibility index (Phi) is 5.60. The van der Waals surface area contributed by atoms with Gasteiger partial charge in [0.05, 0.1) is 0 Å². The number of hydrogen-bond acceptors (Lipinski definition) is 3. The van der Waals surface area contributed by atoms with E-state index in [4.69, 9.17) is 5.11 Å². The third-order valence-corrected chi connectivity index (χ3v) is 5.24. The van der Waals surface area contributed by atoms with Crippen LogP contribution in [0.25, 0.3) is 0 Å². The lowest BCUT2D eigenvalue weighted by atomic mass is 10.2. The average Bonchev–Trinajstić information content (AvgIpc) is 3.12. The van der Waals surface area contributed by atoms with Crippen LogP contribution in [-0.2, 0) is 10.5 Å². The van der Waals surface area contributed by atoms with Crippen LogP contribution >= 0.6 is 11.8 Å². The van der Waals surface area contributed by atoms with Crippen molar-refractivity contribution in [3.05, 3.63) is 60.2 Å². The van der Waals surface area contributed by atoms with Crippen molar-refractivity contribution in [3.63, 3.8) is 0 Å². The van der Waals surface area contributed by atoms with E-state index in [1.165, 1.54) is 9.80 Å². The number of rotatable bonds is 5. The molecule has 0 radical (unpaired) electrons. The molecule has 0 aromatic heterocycles. The number of aliphatic carboxylic acids is 1. The van der Waals surface area contributed by atoms with E-state index in [1.807, 2.05) is 42.5 Å². The number of hydrogen-bond donors (Lipinski definition) is 2. The molecular formula is C19H20N2O3S. The number of nitrogens with one attached hydrogen (secondary N) is 1. The maximum absolute atomic E-state index is 12.3. The Bertz CT molecular complexity index is 734. The van der Waals surface area contributed by atoms with E-state index in [0.717, 1.165) is 17.7 Å². The fraction of sp³-hybridized carbons (Fsp3) is 0.263. The molecule has 0 saturated carbocycles. The molecule has 2 aromatic carbocycles. The van der Waals surface area contributed by atoms with Gasteiger partial charge in [-0.15, -0.1) is 11.8 Å². The van der Waals surface area contributed by atoms with E-state index < -0.39 is 12.0 Å². The Labute approximate surface area is 151 Å². The van der Waals surface area contributed by atoms with Crippen LogP contribution in [-0.4, -0.2) is 34.6 Å². The van der Waals surface area contributed by atoms with Crippen LogP contribution in [0.5, 0.6) is 0 Å². The summed E-state index contributed by atoms with van der Waals surface area (Å²) in [5.41, 5.74) is 1.84. The molecule has 1 fully saturated rings. The fourth-order valence-corrected chi connectivity index (χ4v) is 3.70. The van der Waals surface area contributed by atoms with Gasteiger partial charge < -0.3 is 15.3 Å². The first-order valence-corrected chi connectivity index (χ1v) is 9.19. The van der Waals surface area contributed by atoms with E-state index in [2.05, 4.69) is 17.4 Å². The zero-order valence-electron chi connectivity index (χ0n) is 13.7. The Balaban J connectivity index is 1.55. The summed E-state index contributed by atoms with van der Waals surface area (Å²) in [6, 6.07) is 16.8. The van der Waals surface area contributed by atoms with Gasteiger partial charge in [0.25, 0.3) is 0 Å². The Hall–Kier alpha value is -2.47. The summed E-state index contributed by atoms with van der Waals surface area (Å²) in [7, 11) is 0. The molecule has 25 heavy (non-hydrogen) atoms. The molecule has 1 saturated heterocycles. The van der Waals surface area contributed by atoms with Crippen LogP contribution in [0.15, 0.2) is 59.5 Å². The number of urea groups is 1. The minimum Gasteiger partial charge on any atom is -0.480 e. The normalized spacial score (nSPS) is 16.6. The van der Waals surface area contributed by atoms with Gasteiger partial charge in [-0.25, -0.2) is 9.59 Å². The highest BCUT2D eigenvalue weighted by Crippen LogP contribution is 2.24. The van der Waals surface area contributed by atoms with Gasteiger partial charge in [0.15, 0.2) is 0 Å². The van der Waals surface area contributed by atoms with Crippen LogP contribution in [0, 0.1) is 0 Å². The number of carbonyl (C=O) groups is 2. The summed E-state index contributed by atoms with van der Waals surface area (Å²) in [4.78, 5) is 26.1. The van der Waals surface area contributed by atoms with E-state index in [1.54, 1.807) is 11.8 Å². The standard InChI is InChI=1S/C19H20N2O3S/c22-18(23)17-7-4-12-21(17)19(24)20-15-10-8-14(9-11-15)13-25-16-5-2-1-3-6-16/h1-3,5-6,8-11,17H,4,7,12-13H2,(H,20,24)(H,22,23)/t17-/m1/s1. The second-order valence-electron chi connectivity index (χ2n) is 5.92. The quantitative estimate of drug-likeness (QED) is 0.793. The molecule has 1 aliphatic heterocycles. The Morgan fingerprint density at radius 1 is 1.12 bits per heavy atom. The number of carbonyl (C=O) groups excluding carboxylic acids is 1. The highest BCUT2D eigenvalue weighted by molar-refractivity contribution is 7.98. The first kappa shape index (κ1) is 17.4. The first-order chi connectivity index (χ1) is 12.1. The van der Waals surface area contributed by atoms with E-state index in [-0.39, 0.29) is 6.03 Å². The summed E-state index contributed by atoms with van der Waals surface area (Å²) >= 11 is 1.76. The lowest BCUT2D eigenvalue weighted by molar-refractivity contribution is -0.141. The summed E-state index contributed by atoms with van der Waals surface area (Å²) in [6.45, 7) is 0.481. The van der Waals surface area contributed by atoms with Crippen molar-refractivity contribution >= 4 is 29.4 Å². The third kappa shape index (κ3) is 4.54. The topological polar surface area (TPSA) is 69.6 Å². The van der Waals surface area contributed by atoms with E-state index in [9.17, 15) is 9.59 Å². The molecule has 1 atom stereocenters. The summed E-state index contributed by atoms with van der Waals surface area (Å²) in [6.07, 6.45) is 1.23. The number of thioether (sulfide) groups is 1. The zero-order chi connectivity index (χ0) is 17.6. The van der Waals surface area contributed by atoms with Gasteiger partial charge in [0, 0.05) is 22.9 Å². The highest BCUT2D eigenvalue weighted by atomic mass is 32.2. The molecule has 2 N–H and O–H groups in total. The molecule has 3 rings (SSSR count). The summed E-state index contributed by atoms with van der Waals surface area (Å²) in [5, 5.41) is 12.0. The predicted octanol–water partition coefficient (Wildman–Crippen LogP) is 4.06. The minimum absolute atomic E-state index is 0.351. The zero-order valence-corrected chi connectivity index (χ0v) is 14.5. The molecule has 5 nitrogen and oxygen atoms in total. The number of benzene rings is 2. The molecular weight excluding hydrogens is 336 g/mol. The second kappa shape index (κ2) is 8.07. The maximum Gasteiger partial charge on any atom is 0.326 e. The largest absolute Gasteiger partial charge is 0.480 e. The molecule has 1 heterocycles. The monoisotopic (exact) mass is 356 g/mol. The van der Waals surface area contributed by atoms with Crippen molar-refractivity contribution < 1.29 is 14.7 Å². The molecule has 2 aromatic rings. The predicted molar refractivity (Wildman–Crippen MR) is 98.8 cm³/mol. The number of carboxylic acid groups (broad SMARTS) is 1. The molecule has 6 heteroatoms. The lowest BCUT2D eigenvalue weighted by Crippen LogP contribution is -2.42. The number of nitrogens with zero attached hydrogens (tertiary/aromatic N) is 1. The highest BCUT2D eigenvalue weighted by Gasteiger charge is 2.33. The Morgan fingerprint density at radius 2 is 1.84 bits per heavy atom. The maximum atomic E-state index is 12.3. The fourth-order valence-electron chi connectivity index (χ4n) is 2.83. The van der Waals surface area contributed by atoms with Gasteiger partial charge in [0.1, 0.15) is 6.04 Å². The van der Waals surface area contributed by atoms with Crippen LogP contribution in [0.1, 0.15) is 18.4 Å². The van der Waals surface area contributed by atoms with Gasteiger partial charge in [0.2, 0.25) is 0 Å². The van der Waals surface area contributed by atoms with Crippen molar-refractivity contribution in [3.8, 4) is 0 Å². The Morgan fingerprint density at radius 3 is 2.52 bits per heavy atom. The molecule has 0 spiro atoms. The molecule has 0 bridgehead atoms. The molecule has 0 aliphatic carbocycles. The second-order valence-corrected chi connectivity index (χ2v) is 6.97. The van der Waals surface area contributed by atoms with Crippen LogP contribution < -0.4 is 5.32 Å². The van der Waals surface area contributed by atoms with E-state index in [0.29, 0.717) is 18.7 Å². The molecule has 2 amide bonds. The van der Waals surface area contributed by atoms with Crippen LogP contribution in [0.4, 0.5) is 10.5 Å². The van der Waals surface area contributed by atoms with Crippen LogP contribution in [0.3, 0.4) is 0 Å². The van der Waals surface area contributed by atoms with E-state index >= 15 is 0 Å². The minimum atomic E-state index is -0.944. The van der Waals surface area contributed by atoms with Gasteiger partial charge in [-0.3, -0.25) is 0 Å². The van der Waals surface area contributed by atoms with Gasteiger partial charge in [-0.2, -0.15) is 0 Å². The van der Waals surface area contributed by atoms with Crippen molar-refractivity contribution in [2.75, 3.05) is 11.9 Å². The lowest BCUT2D eigenvalue weighted by Gasteiger charge is -2.21. The van der Waals surface area contributed by atoms with Gasteiger partial charge >= 0.3 is 12.0 Å². The van der Waals surface area contributed by atoms with Crippen molar-refractivity contribution in [2.24, 2.45) is 0 Å². The number of carboxylic acids is 1. The summed E-state index contributed by atoms with van der Waals surface area (Å²) in [5.74, 6) is -0.0909. The summed E-state index contributed by atoms with van der Waals surface area (Å²) < 4.78 is 0. The van der Waals surface area contributed by atoms with Crippen molar-refractivity contribution in [1.82, 2.24) is 4.90 Å². The molecule has 130 valence electrons. The van der Waals surface area contributed by atoms with Gasteiger partial charge in [-0.1, -0.05) is 30.3 Å². The van der Waals surface area contributed by atoms with Crippen molar-refractivity contribution in [1.29, 1.82) is 0 Å². The number of likely N-dealkylation sites (tertiary alicyclic amines) is 1. The van der Waals surface area contributed by atoms with Crippen molar-refractivity contribution in [2.45, 2.75) is 29.5 Å². The number of amides is 2. The number of anilines is 1. The van der Waals surface area contributed by atoms with Gasteiger partial charge in [-0.05, 0) is 42.7 Å². The SMILES string of the molecule is O=C(O)[C@H]1CCCN1C(=O)Nc1ccc(CSc2ccccc2)cc1. The first-order valence-electron chi connectivity index (χ1n) is 8.21. The smallest absolute Gasteiger partial charge is 0.326 e. The molecule has 1 aliphatic rings. The average molecular weight is 356 g/mol. The molecule has 0 unspecified atom stereocenters. The van der Waals surface area contributed by atoms with Crippen LogP contribution in [0.2, 0.25) is 0 Å². The third-order valence-electron chi connectivity index (χ3n) is 4.15.